The Balaban J connectivity index is 0.00000156. The standard InChI is InChI=1S/C19H29N3O.2ClH/c1-16(17-7-9-20-10-8-17)15-19(23)22-13-11-21(12-14-22)18-5-3-2-4-6-18;;/h2-6,16-17,20H,7-15H2,1H3;2*1H. The number of nitrogens with zero attached hydrogens (tertiary/aromatic N) is 2. The Morgan fingerprint density at radius 2 is 1.68 bits per heavy atom. The van der Waals surface area contributed by atoms with Gasteiger partial charge in [0.2, 0.25) is 5.91 Å². The molecule has 0 saturated carbocycles. The number of piperidine rings is 1. The number of anilines is 1. The normalized spacial score (nSPS) is 19.6. The van der Waals surface area contributed by atoms with Crippen molar-refractivity contribution in [1.82, 2.24) is 10.2 Å². The number of rotatable bonds is 4. The highest BCUT2D eigenvalue weighted by atomic mass is 35.5. The van der Waals surface area contributed by atoms with E-state index < -0.39 is 0 Å². The molecule has 2 fully saturated rings. The van der Waals surface area contributed by atoms with Gasteiger partial charge in [-0.1, -0.05) is 25.1 Å². The molecule has 2 aliphatic rings. The van der Waals surface area contributed by atoms with Crippen molar-refractivity contribution in [2.24, 2.45) is 11.8 Å². The van der Waals surface area contributed by atoms with E-state index in [1.807, 2.05) is 6.07 Å². The second-order valence-corrected chi connectivity index (χ2v) is 6.97. The third kappa shape index (κ3) is 6.05. The first-order valence-corrected chi connectivity index (χ1v) is 9.02. The molecule has 25 heavy (non-hydrogen) atoms. The molecule has 1 atom stereocenters. The fraction of sp³-hybridized carbons (Fsp3) is 0.632. The van der Waals surface area contributed by atoms with Crippen LogP contribution in [0.2, 0.25) is 0 Å². The highest BCUT2D eigenvalue weighted by Gasteiger charge is 2.26. The van der Waals surface area contributed by atoms with E-state index in [0.717, 1.165) is 45.7 Å². The third-order valence-corrected chi connectivity index (χ3v) is 5.44. The van der Waals surface area contributed by atoms with Crippen molar-refractivity contribution in [3.63, 3.8) is 0 Å². The predicted octanol–water partition coefficient (Wildman–Crippen LogP) is 3.20. The zero-order chi connectivity index (χ0) is 16.1. The molecule has 1 N–H and O–H groups in total. The summed E-state index contributed by atoms with van der Waals surface area (Å²) in [4.78, 5) is 17.0. The maximum absolute atomic E-state index is 12.6. The first-order chi connectivity index (χ1) is 11.2. The Hall–Kier alpha value is -0.970. The minimum atomic E-state index is 0. The molecular formula is C19H31Cl2N3O. The second kappa shape index (κ2) is 10.9. The molecule has 0 bridgehead atoms. The van der Waals surface area contributed by atoms with E-state index in [4.69, 9.17) is 0 Å². The average Bonchev–Trinajstić information content (AvgIpc) is 2.63. The molecule has 3 rings (SSSR count). The average molecular weight is 388 g/mol. The van der Waals surface area contributed by atoms with Crippen molar-refractivity contribution in [3.8, 4) is 0 Å². The van der Waals surface area contributed by atoms with Crippen LogP contribution in [0.15, 0.2) is 30.3 Å². The van der Waals surface area contributed by atoms with Crippen molar-refractivity contribution in [2.75, 3.05) is 44.2 Å². The van der Waals surface area contributed by atoms with Gasteiger partial charge in [-0.2, -0.15) is 0 Å². The number of nitrogens with one attached hydrogen (secondary N) is 1. The number of carbonyl (C=O) groups excluding carboxylic acids is 1. The Kier molecular flexibility index (Phi) is 9.62. The molecule has 2 heterocycles. The molecule has 0 radical (unpaired) electrons. The summed E-state index contributed by atoms with van der Waals surface area (Å²) in [6.45, 7) is 8.07. The predicted molar refractivity (Wildman–Crippen MR) is 109 cm³/mol. The highest BCUT2D eigenvalue weighted by molar-refractivity contribution is 5.85. The molecule has 1 aromatic carbocycles. The minimum Gasteiger partial charge on any atom is -0.368 e. The van der Waals surface area contributed by atoms with Crippen molar-refractivity contribution in [3.05, 3.63) is 30.3 Å². The molecule has 142 valence electrons. The van der Waals surface area contributed by atoms with Gasteiger partial charge in [-0.25, -0.2) is 0 Å². The quantitative estimate of drug-likeness (QED) is 0.861. The van der Waals surface area contributed by atoms with E-state index in [1.54, 1.807) is 0 Å². The second-order valence-electron chi connectivity index (χ2n) is 6.97. The number of para-hydroxylation sites is 1. The van der Waals surface area contributed by atoms with Gasteiger partial charge in [-0.3, -0.25) is 4.79 Å². The van der Waals surface area contributed by atoms with Crippen LogP contribution in [0, 0.1) is 11.8 Å². The van der Waals surface area contributed by atoms with E-state index in [9.17, 15) is 4.79 Å². The van der Waals surface area contributed by atoms with Crippen molar-refractivity contribution < 1.29 is 4.79 Å². The Morgan fingerprint density at radius 1 is 1.08 bits per heavy atom. The first-order valence-electron chi connectivity index (χ1n) is 9.02. The van der Waals surface area contributed by atoms with Crippen LogP contribution in [0.25, 0.3) is 0 Å². The van der Waals surface area contributed by atoms with Crippen molar-refractivity contribution in [2.45, 2.75) is 26.2 Å². The molecule has 2 aliphatic heterocycles. The number of piperazine rings is 1. The summed E-state index contributed by atoms with van der Waals surface area (Å²) in [6, 6.07) is 10.5. The van der Waals surface area contributed by atoms with E-state index in [-0.39, 0.29) is 24.8 Å². The Morgan fingerprint density at radius 3 is 2.28 bits per heavy atom. The number of halogens is 2. The number of carbonyl (C=O) groups is 1. The lowest BCUT2D eigenvalue weighted by atomic mass is 9.84. The van der Waals surface area contributed by atoms with Gasteiger partial charge in [-0.05, 0) is 49.9 Å². The van der Waals surface area contributed by atoms with Crippen molar-refractivity contribution in [1.29, 1.82) is 0 Å². The van der Waals surface area contributed by atoms with E-state index in [1.165, 1.54) is 18.5 Å². The molecule has 0 spiro atoms. The van der Waals surface area contributed by atoms with Crippen LogP contribution >= 0.6 is 24.8 Å². The number of hydrogen-bond acceptors (Lipinski definition) is 3. The smallest absolute Gasteiger partial charge is 0.222 e. The van der Waals surface area contributed by atoms with Crippen LogP contribution < -0.4 is 10.2 Å². The summed E-state index contributed by atoms with van der Waals surface area (Å²) in [5.74, 6) is 1.58. The molecule has 4 nitrogen and oxygen atoms in total. The molecule has 1 unspecified atom stereocenters. The minimum absolute atomic E-state index is 0. The molecule has 1 amide bonds. The van der Waals surface area contributed by atoms with Gasteiger partial charge >= 0.3 is 0 Å². The molecule has 0 aliphatic carbocycles. The first kappa shape index (κ1) is 22.1. The topological polar surface area (TPSA) is 35.6 Å². The third-order valence-electron chi connectivity index (χ3n) is 5.44. The van der Waals surface area contributed by atoms with Crippen LogP contribution in [-0.4, -0.2) is 50.1 Å². The van der Waals surface area contributed by atoms with Crippen LogP contribution in [-0.2, 0) is 4.79 Å². The molecular weight excluding hydrogens is 357 g/mol. The van der Waals surface area contributed by atoms with Gasteiger partial charge in [0.1, 0.15) is 0 Å². The molecule has 6 heteroatoms. The van der Waals surface area contributed by atoms with Gasteiger partial charge < -0.3 is 15.1 Å². The zero-order valence-corrected chi connectivity index (χ0v) is 16.7. The van der Waals surface area contributed by atoms with Crippen LogP contribution in [0.5, 0.6) is 0 Å². The summed E-state index contributed by atoms with van der Waals surface area (Å²) in [7, 11) is 0. The van der Waals surface area contributed by atoms with Gasteiger partial charge in [-0.15, -0.1) is 24.8 Å². The zero-order valence-electron chi connectivity index (χ0n) is 15.0. The molecule has 1 aromatic rings. The fourth-order valence-corrected chi connectivity index (χ4v) is 3.84. The fourth-order valence-electron chi connectivity index (χ4n) is 3.84. The Labute approximate surface area is 164 Å². The highest BCUT2D eigenvalue weighted by Crippen LogP contribution is 2.25. The summed E-state index contributed by atoms with van der Waals surface area (Å²) in [5, 5.41) is 3.41. The van der Waals surface area contributed by atoms with Gasteiger partial charge in [0.15, 0.2) is 0 Å². The van der Waals surface area contributed by atoms with Gasteiger partial charge in [0.05, 0.1) is 0 Å². The van der Waals surface area contributed by atoms with Crippen molar-refractivity contribution >= 4 is 36.4 Å². The maximum Gasteiger partial charge on any atom is 0.222 e. The van der Waals surface area contributed by atoms with Crippen LogP contribution in [0.4, 0.5) is 5.69 Å². The largest absolute Gasteiger partial charge is 0.368 e. The summed E-state index contributed by atoms with van der Waals surface area (Å²) >= 11 is 0. The van der Waals surface area contributed by atoms with E-state index in [0.29, 0.717) is 17.7 Å². The molecule has 2 saturated heterocycles. The van der Waals surface area contributed by atoms with E-state index in [2.05, 4.69) is 46.3 Å². The lowest BCUT2D eigenvalue weighted by molar-refractivity contribution is -0.132. The Bertz CT molecular complexity index is 501. The molecule has 0 aromatic heterocycles. The summed E-state index contributed by atoms with van der Waals surface area (Å²) in [6.07, 6.45) is 3.16. The van der Waals surface area contributed by atoms with Gasteiger partial charge in [0.25, 0.3) is 0 Å². The summed E-state index contributed by atoms with van der Waals surface area (Å²) < 4.78 is 0. The van der Waals surface area contributed by atoms with Crippen LogP contribution in [0.3, 0.4) is 0 Å². The lowest BCUT2D eigenvalue weighted by Gasteiger charge is -2.37. The maximum atomic E-state index is 12.6. The van der Waals surface area contributed by atoms with Gasteiger partial charge in [0, 0.05) is 38.3 Å². The van der Waals surface area contributed by atoms with E-state index >= 15 is 0 Å². The monoisotopic (exact) mass is 387 g/mol. The lowest BCUT2D eigenvalue weighted by Crippen LogP contribution is -2.49. The SMILES string of the molecule is CC(CC(=O)N1CCN(c2ccccc2)CC1)C1CCNCC1.Cl.Cl. The number of amides is 1. The number of hydrogen-bond donors (Lipinski definition) is 1. The van der Waals surface area contributed by atoms with Crippen LogP contribution in [0.1, 0.15) is 26.2 Å². The summed E-state index contributed by atoms with van der Waals surface area (Å²) in [5.41, 5.74) is 1.27. The number of benzene rings is 1.